The molecule has 0 aliphatic heterocycles. The first-order valence-electron chi connectivity index (χ1n) is 9.27. The van der Waals surface area contributed by atoms with E-state index in [9.17, 15) is 13.2 Å². The third-order valence-corrected chi connectivity index (χ3v) is 5.96. The normalized spacial score (nSPS) is 11.2. The van der Waals surface area contributed by atoms with E-state index in [4.69, 9.17) is 21.1 Å². The summed E-state index contributed by atoms with van der Waals surface area (Å²) in [5.41, 5.74) is 3.28. The van der Waals surface area contributed by atoms with E-state index in [2.05, 4.69) is 15.2 Å². The van der Waals surface area contributed by atoms with Gasteiger partial charge >= 0.3 is 0 Å². The molecule has 0 aliphatic rings. The van der Waals surface area contributed by atoms with Crippen LogP contribution in [0.25, 0.3) is 0 Å². The molecule has 0 atom stereocenters. The summed E-state index contributed by atoms with van der Waals surface area (Å²) >= 11 is 5.82. The SMILES string of the molecule is COc1ccc(/C=N/NC(=O)c2ccccc2NS(=O)(=O)c2ccc(Cl)cc2)cc1OC. The number of amides is 1. The second-order valence-electron chi connectivity index (χ2n) is 6.42. The molecule has 2 N–H and O–H groups in total. The van der Waals surface area contributed by atoms with Crippen molar-refractivity contribution in [2.45, 2.75) is 4.90 Å². The number of rotatable bonds is 8. The van der Waals surface area contributed by atoms with Crippen LogP contribution in [0.15, 0.2) is 76.7 Å². The molecule has 3 aromatic carbocycles. The molecule has 3 rings (SSSR count). The molecule has 0 heterocycles. The number of hydrazone groups is 1. The number of carbonyl (C=O) groups is 1. The molecule has 0 aromatic heterocycles. The number of nitrogens with one attached hydrogen (secondary N) is 2. The predicted octanol–water partition coefficient (Wildman–Crippen LogP) is 3.92. The van der Waals surface area contributed by atoms with E-state index in [0.717, 1.165) is 0 Å². The van der Waals surface area contributed by atoms with E-state index in [0.29, 0.717) is 22.1 Å². The third-order valence-electron chi connectivity index (χ3n) is 4.33. The lowest BCUT2D eigenvalue weighted by Crippen LogP contribution is -2.21. The summed E-state index contributed by atoms with van der Waals surface area (Å²) in [7, 11) is -0.868. The highest BCUT2D eigenvalue weighted by Crippen LogP contribution is 2.27. The van der Waals surface area contributed by atoms with Gasteiger partial charge in [-0.15, -0.1) is 0 Å². The molecule has 8 nitrogen and oxygen atoms in total. The van der Waals surface area contributed by atoms with Gasteiger partial charge in [-0.1, -0.05) is 23.7 Å². The van der Waals surface area contributed by atoms with Crippen molar-refractivity contribution in [1.29, 1.82) is 0 Å². The minimum absolute atomic E-state index is 0.0172. The molecule has 0 bridgehead atoms. The molecule has 166 valence electrons. The fraction of sp³-hybridized carbons (Fsp3) is 0.0909. The van der Waals surface area contributed by atoms with Crippen molar-refractivity contribution >= 4 is 39.4 Å². The van der Waals surface area contributed by atoms with Gasteiger partial charge in [0, 0.05) is 5.02 Å². The number of hydrogen-bond acceptors (Lipinski definition) is 6. The molecule has 0 fully saturated rings. The predicted molar refractivity (Wildman–Crippen MR) is 123 cm³/mol. The van der Waals surface area contributed by atoms with Crippen LogP contribution >= 0.6 is 11.6 Å². The monoisotopic (exact) mass is 473 g/mol. The van der Waals surface area contributed by atoms with Crippen LogP contribution in [0.4, 0.5) is 5.69 Å². The van der Waals surface area contributed by atoms with Crippen LogP contribution in [-0.4, -0.2) is 34.8 Å². The van der Waals surface area contributed by atoms with Gasteiger partial charge in [0.2, 0.25) is 0 Å². The smallest absolute Gasteiger partial charge is 0.273 e. The Kier molecular flexibility index (Phi) is 7.34. The van der Waals surface area contributed by atoms with Gasteiger partial charge in [-0.3, -0.25) is 9.52 Å². The standard InChI is InChI=1S/C22H20ClN3O5S/c1-30-20-12-7-15(13-21(20)31-2)14-24-25-22(27)18-5-3-4-6-19(18)26-32(28,29)17-10-8-16(23)9-11-17/h3-14,26H,1-2H3,(H,25,27)/b24-14+. The first kappa shape index (κ1) is 23.1. The lowest BCUT2D eigenvalue weighted by atomic mass is 10.2. The van der Waals surface area contributed by atoms with Crippen molar-refractivity contribution in [3.05, 3.63) is 82.9 Å². The Morgan fingerprint density at radius 1 is 0.969 bits per heavy atom. The Hall–Kier alpha value is -3.56. The Labute approximate surface area is 190 Å². The van der Waals surface area contributed by atoms with Gasteiger partial charge in [0.25, 0.3) is 15.9 Å². The highest BCUT2D eigenvalue weighted by Gasteiger charge is 2.18. The molecule has 0 radical (unpaired) electrons. The van der Waals surface area contributed by atoms with E-state index in [-0.39, 0.29) is 16.1 Å². The van der Waals surface area contributed by atoms with Crippen LogP contribution in [0.1, 0.15) is 15.9 Å². The fourth-order valence-electron chi connectivity index (χ4n) is 2.75. The molecule has 32 heavy (non-hydrogen) atoms. The maximum absolute atomic E-state index is 12.7. The van der Waals surface area contributed by atoms with Crippen LogP contribution in [0.3, 0.4) is 0 Å². The molecule has 0 spiro atoms. The van der Waals surface area contributed by atoms with Crippen molar-refractivity contribution in [1.82, 2.24) is 5.43 Å². The Balaban J connectivity index is 1.76. The zero-order valence-corrected chi connectivity index (χ0v) is 18.8. The highest BCUT2D eigenvalue weighted by molar-refractivity contribution is 7.92. The first-order valence-corrected chi connectivity index (χ1v) is 11.1. The molecule has 1 amide bonds. The number of halogens is 1. The summed E-state index contributed by atoms with van der Waals surface area (Å²) in [6.07, 6.45) is 1.43. The summed E-state index contributed by atoms with van der Waals surface area (Å²) in [6, 6.07) is 17.0. The number of nitrogens with zero attached hydrogens (tertiary/aromatic N) is 1. The van der Waals surface area contributed by atoms with Crippen molar-refractivity contribution in [3.63, 3.8) is 0 Å². The quantitative estimate of drug-likeness (QED) is 0.381. The zero-order chi connectivity index (χ0) is 23.1. The van der Waals surface area contributed by atoms with Crippen LogP contribution < -0.4 is 19.6 Å². The van der Waals surface area contributed by atoms with Gasteiger partial charge in [-0.25, -0.2) is 13.8 Å². The molecule has 0 unspecified atom stereocenters. The fourth-order valence-corrected chi connectivity index (χ4v) is 3.95. The highest BCUT2D eigenvalue weighted by atomic mass is 35.5. The Morgan fingerprint density at radius 3 is 2.34 bits per heavy atom. The summed E-state index contributed by atoms with van der Waals surface area (Å²) in [5.74, 6) is 0.497. The number of carbonyl (C=O) groups excluding carboxylic acids is 1. The Bertz CT molecular complexity index is 1240. The second kappa shape index (κ2) is 10.2. The first-order chi connectivity index (χ1) is 15.3. The summed E-state index contributed by atoms with van der Waals surface area (Å²) in [4.78, 5) is 12.6. The number of benzene rings is 3. The van der Waals surface area contributed by atoms with Crippen LogP contribution in [0.5, 0.6) is 11.5 Å². The summed E-state index contributed by atoms with van der Waals surface area (Å²) in [5, 5.41) is 4.35. The molecule has 0 saturated heterocycles. The van der Waals surface area contributed by atoms with Gasteiger partial charge in [0.05, 0.1) is 36.6 Å². The third kappa shape index (κ3) is 5.57. The maximum Gasteiger partial charge on any atom is 0.273 e. The number of methoxy groups -OCH3 is 2. The molecule has 3 aromatic rings. The largest absolute Gasteiger partial charge is 0.493 e. The van der Waals surface area contributed by atoms with E-state index < -0.39 is 15.9 Å². The molecular weight excluding hydrogens is 454 g/mol. The maximum atomic E-state index is 12.7. The summed E-state index contributed by atoms with van der Waals surface area (Å²) in [6.45, 7) is 0. The average Bonchev–Trinajstić information content (AvgIpc) is 2.79. The van der Waals surface area contributed by atoms with Crippen LogP contribution in [-0.2, 0) is 10.0 Å². The minimum Gasteiger partial charge on any atom is -0.493 e. The summed E-state index contributed by atoms with van der Waals surface area (Å²) < 4.78 is 38.2. The number of sulfonamides is 1. The van der Waals surface area contributed by atoms with Crippen molar-refractivity contribution in [2.75, 3.05) is 18.9 Å². The topological polar surface area (TPSA) is 106 Å². The van der Waals surface area contributed by atoms with E-state index in [1.54, 1.807) is 30.3 Å². The molecule has 10 heteroatoms. The van der Waals surface area contributed by atoms with Crippen molar-refractivity contribution < 1.29 is 22.7 Å². The molecular formula is C22H20ClN3O5S. The van der Waals surface area contributed by atoms with E-state index in [1.807, 2.05) is 0 Å². The number of hydrogen-bond donors (Lipinski definition) is 2. The van der Waals surface area contributed by atoms with Gasteiger partial charge < -0.3 is 9.47 Å². The average molecular weight is 474 g/mol. The number of para-hydroxylation sites is 1. The van der Waals surface area contributed by atoms with Gasteiger partial charge in [0.1, 0.15) is 0 Å². The van der Waals surface area contributed by atoms with Crippen LogP contribution in [0.2, 0.25) is 5.02 Å². The zero-order valence-electron chi connectivity index (χ0n) is 17.2. The number of ether oxygens (including phenoxy) is 2. The van der Waals surface area contributed by atoms with Crippen molar-refractivity contribution in [3.8, 4) is 11.5 Å². The Morgan fingerprint density at radius 2 is 1.66 bits per heavy atom. The molecule has 0 aliphatic carbocycles. The van der Waals surface area contributed by atoms with E-state index in [1.165, 1.54) is 56.8 Å². The molecule has 0 saturated carbocycles. The minimum atomic E-state index is -3.92. The lowest BCUT2D eigenvalue weighted by molar-refractivity contribution is 0.0956. The van der Waals surface area contributed by atoms with Gasteiger partial charge in [-0.05, 0) is 60.2 Å². The van der Waals surface area contributed by atoms with Gasteiger partial charge in [-0.2, -0.15) is 5.10 Å². The second-order valence-corrected chi connectivity index (χ2v) is 8.54. The lowest BCUT2D eigenvalue weighted by Gasteiger charge is -2.12. The number of anilines is 1. The van der Waals surface area contributed by atoms with Crippen LogP contribution in [0, 0.1) is 0 Å². The van der Waals surface area contributed by atoms with Crippen molar-refractivity contribution in [2.24, 2.45) is 5.10 Å². The van der Waals surface area contributed by atoms with Gasteiger partial charge in [0.15, 0.2) is 11.5 Å². The van der Waals surface area contributed by atoms with E-state index >= 15 is 0 Å².